The summed E-state index contributed by atoms with van der Waals surface area (Å²) in [5.74, 6) is 2.50. The summed E-state index contributed by atoms with van der Waals surface area (Å²) in [7, 11) is 0. The molecule has 0 radical (unpaired) electrons. The second-order valence-corrected chi connectivity index (χ2v) is 6.49. The predicted octanol–water partition coefficient (Wildman–Crippen LogP) is 2.82. The van der Waals surface area contributed by atoms with Crippen LogP contribution in [0.2, 0.25) is 0 Å². The molecule has 3 heteroatoms. The van der Waals surface area contributed by atoms with Gasteiger partial charge in [0, 0.05) is 24.4 Å². The van der Waals surface area contributed by atoms with Crippen molar-refractivity contribution in [2.75, 3.05) is 18.1 Å². The summed E-state index contributed by atoms with van der Waals surface area (Å²) >= 11 is 2.06. The Morgan fingerprint density at radius 1 is 1.56 bits per heavy atom. The zero-order valence-corrected chi connectivity index (χ0v) is 11.4. The molecule has 3 atom stereocenters. The molecule has 0 aromatic rings. The van der Waals surface area contributed by atoms with E-state index in [2.05, 4.69) is 30.9 Å². The average Bonchev–Trinajstić information content (AvgIpc) is 2.66. The van der Waals surface area contributed by atoms with Gasteiger partial charge in [0.05, 0.1) is 5.60 Å². The average molecular weight is 243 g/mol. The van der Waals surface area contributed by atoms with Crippen LogP contribution in [0.15, 0.2) is 0 Å². The van der Waals surface area contributed by atoms with E-state index in [-0.39, 0.29) is 5.60 Å². The van der Waals surface area contributed by atoms with Gasteiger partial charge < -0.3 is 10.1 Å². The first-order valence-electron chi connectivity index (χ1n) is 6.72. The molecule has 1 N–H and O–H groups in total. The van der Waals surface area contributed by atoms with Crippen LogP contribution in [-0.4, -0.2) is 35.8 Å². The molecule has 2 heterocycles. The standard InChI is InChI=1S/C13H25NOS/c1-3-4-11(2)14-12-5-7-15-13(9-12)6-8-16-10-13/h11-12,14H,3-10H2,1-2H3. The molecular weight excluding hydrogens is 218 g/mol. The van der Waals surface area contributed by atoms with E-state index in [0.29, 0.717) is 12.1 Å². The number of thioether (sulfide) groups is 1. The van der Waals surface area contributed by atoms with Gasteiger partial charge >= 0.3 is 0 Å². The number of hydrogen-bond acceptors (Lipinski definition) is 3. The van der Waals surface area contributed by atoms with E-state index in [1.807, 2.05) is 0 Å². The number of nitrogens with one attached hydrogen (secondary N) is 1. The molecule has 3 unspecified atom stereocenters. The van der Waals surface area contributed by atoms with Crippen molar-refractivity contribution in [2.24, 2.45) is 0 Å². The highest BCUT2D eigenvalue weighted by atomic mass is 32.2. The maximum atomic E-state index is 6.04. The first-order valence-corrected chi connectivity index (χ1v) is 7.87. The Morgan fingerprint density at radius 2 is 2.44 bits per heavy atom. The van der Waals surface area contributed by atoms with Gasteiger partial charge in [-0.1, -0.05) is 13.3 Å². The Bertz CT molecular complexity index is 216. The number of rotatable bonds is 4. The second kappa shape index (κ2) is 5.74. The fourth-order valence-corrected chi connectivity index (χ4v) is 4.33. The van der Waals surface area contributed by atoms with E-state index in [1.54, 1.807) is 0 Å². The first kappa shape index (κ1) is 12.7. The molecule has 0 amide bonds. The smallest absolute Gasteiger partial charge is 0.0795 e. The molecule has 16 heavy (non-hydrogen) atoms. The Hall–Kier alpha value is 0.270. The minimum atomic E-state index is 0.229. The maximum Gasteiger partial charge on any atom is 0.0795 e. The van der Waals surface area contributed by atoms with Crippen molar-refractivity contribution >= 4 is 11.8 Å². The molecule has 0 aliphatic carbocycles. The molecule has 0 aromatic heterocycles. The number of ether oxygens (including phenoxy) is 1. The van der Waals surface area contributed by atoms with Crippen molar-refractivity contribution < 1.29 is 4.74 Å². The summed E-state index contributed by atoms with van der Waals surface area (Å²) in [4.78, 5) is 0. The van der Waals surface area contributed by atoms with Gasteiger partial charge in [-0.15, -0.1) is 0 Å². The van der Waals surface area contributed by atoms with Crippen LogP contribution in [-0.2, 0) is 4.74 Å². The normalized spacial score (nSPS) is 36.8. The fraction of sp³-hybridized carbons (Fsp3) is 1.00. The summed E-state index contributed by atoms with van der Waals surface area (Å²) in [6.07, 6.45) is 6.25. The molecule has 0 aromatic carbocycles. The molecule has 0 bridgehead atoms. The third kappa shape index (κ3) is 3.14. The van der Waals surface area contributed by atoms with Crippen LogP contribution in [0.1, 0.15) is 46.0 Å². The zero-order valence-electron chi connectivity index (χ0n) is 10.6. The van der Waals surface area contributed by atoms with Crippen LogP contribution in [0.3, 0.4) is 0 Å². The van der Waals surface area contributed by atoms with Crippen LogP contribution >= 0.6 is 11.8 Å². The molecule has 2 fully saturated rings. The van der Waals surface area contributed by atoms with Gasteiger partial charge in [0.1, 0.15) is 0 Å². The number of hydrogen-bond donors (Lipinski definition) is 1. The van der Waals surface area contributed by atoms with Crippen LogP contribution in [0, 0.1) is 0 Å². The van der Waals surface area contributed by atoms with Gasteiger partial charge in [0.2, 0.25) is 0 Å². The topological polar surface area (TPSA) is 21.3 Å². The first-order chi connectivity index (χ1) is 7.74. The van der Waals surface area contributed by atoms with Crippen molar-refractivity contribution in [2.45, 2.75) is 63.6 Å². The maximum absolute atomic E-state index is 6.04. The lowest BCUT2D eigenvalue weighted by molar-refractivity contribution is -0.0712. The van der Waals surface area contributed by atoms with Crippen molar-refractivity contribution in [3.05, 3.63) is 0 Å². The van der Waals surface area contributed by atoms with Crippen LogP contribution in [0.5, 0.6) is 0 Å². The van der Waals surface area contributed by atoms with Gasteiger partial charge in [-0.05, 0) is 38.4 Å². The van der Waals surface area contributed by atoms with E-state index >= 15 is 0 Å². The van der Waals surface area contributed by atoms with Crippen molar-refractivity contribution in [1.82, 2.24) is 5.32 Å². The van der Waals surface area contributed by atoms with Gasteiger partial charge in [-0.25, -0.2) is 0 Å². The Labute approximate surface area is 104 Å². The molecule has 94 valence electrons. The molecule has 2 aliphatic rings. The molecule has 2 nitrogen and oxygen atoms in total. The largest absolute Gasteiger partial charge is 0.374 e. The summed E-state index contributed by atoms with van der Waals surface area (Å²) < 4.78 is 6.04. The van der Waals surface area contributed by atoms with Crippen molar-refractivity contribution in [3.8, 4) is 0 Å². The SMILES string of the molecule is CCCC(C)NC1CCOC2(CCSC2)C1. The van der Waals surface area contributed by atoms with Crippen LogP contribution < -0.4 is 5.32 Å². The van der Waals surface area contributed by atoms with E-state index in [0.717, 1.165) is 6.61 Å². The van der Waals surface area contributed by atoms with Crippen LogP contribution in [0.25, 0.3) is 0 Å². The Balaban J connectivity index is 1.82. The highest BCUT2D eigenvalue weighted by Gasteiger charge is 2.40. The molecule has 2 saturated heterocycles. The summed E-state index contributed by atoms with van der Waals surface area (Å²) in [6, 6.07) is 1.35. The second-order valence-electron chi connectivity index (χ2n) is 5.38. The highest BCUT2D eigenvalue weighted by molar-refractivity contribution is 7.99. The molecule has 0 saturated carbocycles. The van der Waals surface area contributed by atoms with Gasteiger partial charge in [0.25, 0.3) is 0 Å². The van der Waals surface area contributed by atoms with E-state index in [1.165, 1.54) is 43.6 Å². The van der Waals surface area contributed by atoms with E-state index in [9.17, 15) is 0 Å². The van der Waals surface area contributed by atoms with E-state index in [4.69, 9.17) is 4.74 Å². The summed E-state index contributed by atoms with van der Waals surface area (Å²) in [5.41, 5.74) is 0.229. The van der Waals surface area contributed by atoms with Crippen LogP contribution in [0.4, 0.5) is 0 Å². The highest BCUT2D eigenvalue weighted by Crippen LogP contribution is 2.38. The quantitative estimate of drug-likeness (QED) is 0.820. The summed E-state index contributed by atoms with van der Waals surface area (Å²) in [6.45, 7) is 5.53. The Morgan fingerprint density at radius 3 is 3.12 bits per heavy atom. The minimum absolute atomic E-state index is 0.229. The summed E-state index contributed by atoms with van der Waals surface area (Å²) in [5, 5.41) is 3.78. The third-order valence-electron chi connectivity index (χ3n) is 3.80. The fourth-order valence-electron chi connectivity index (χ4n) is 2.95. The lowest BCUT2D eigenvalue weighted by Crippen LogP contribution is -2.49. The van der Waals surface area contributed by atoms with Gasteiger partial charge in [-0.3, -0.25) is 0 Å². The lowest BCUT2D eigenvalue weighted by Gasteiger charge is -2.39. The third-order valence-corrected chi connectivity index (χ3v) is 5.03. The predicted molar refractivity (Wildman–Crippen MR) is 71.2 cm³/mol. The van der Waals surface area contributed by atoms with Crippen molar-refractivity contribution in [1.29, 1.82) is 0 Å². The van der Waals surface area contributed by atoms with Gasteiger partial charge in [-0.2, -0.15) is 11.8 Å². The van der Waals surface area contributed by atoms with E-state index < -0.39 is 0 Å². The van der Waals surface area contributed by atoms with Gasteiger partial charge in [0.15, 0.2) is 0 Å². The molecule has 2 aliphatic heterocycles. The Kier molecular flexibility index (Phi) is 4.57. The molecule has 1 spiro atoms. The monoisotopic (exact) mass is 243 g/mol. The minimum Gasteiger partial charge on any atom is -0.374 e. The molecular formula is C13H25NOS. The lowest BCUT2D eigenvalue weighted by atomic mass is 9.89. The molecule has 2 rings (SSSR count). The van der Waals surface area contributed by atoms with Crippen molar-refractivity contribution in [3.63, 3.8) is 0 Å². The zero-order chi connectivity index (χ0) is 11.4.